The molecule has 0 radical (unpaired) electrons. The number of aliphatic carboxylic acids is 1. The molecule has 2 atom stereocenters. The second-order valence-electron chi connectivity index (χ2n) is 18.4. The molecule has 2 unspecified atom stereocenters. The van der Waals surface area contributed by atoms with Gasteiger partial charge in [-0.3, -0.25) is 9.59 Å². The molecular weight excluding hydrogens is 823 g/mol. The highest BCUT2D eigenvalue weighted by molar-refractivity contribution is 5.70. The number of allylic oxidation sites excluding steroid dienone is 16. The number of ether oxygens (including phenoxy) is 3. The lowest BCUT2D eigenvalue weighted by Crippen LogP contribution is -2.55. The van der Waals surface area contributed by atoms with Crippen LogP contribution in [0.3, 0.4) is 0 Å². The highest BCUT2D eigenvalue weighted by Crippen LogP contribution is 2.14. The number of carboxylic acid groups (broad SMARTS) is 1. The van der Waals surface area contributed by atoms with Crippen molar-refractivity contribution >= 4 is 17.9 Å². The van der Waals surface area contributed by atoms with Crippen molar-refractivity contribution in [3.63, 3.8) is 0 Å². The fraction of sp³-hybridized carbons (Fsp3) is 0.672. The Bertz CT molecular complexity index is 1400. The number of hydrogen-bond donors (Lipinski definition) is 0. The van der Waals surface area contributed by atoms with Gasteiger partial charge in [0.2, 0.25) is 0 Å². The first kappa shape index (κ1) is 62.2. The zero-order valence-electron chi connectivity index (χ0n) is 42.8. The van der Waals surface area contributed by atoms with Gasteiger partial charge in [-0.2, -0.15) is 0 Å². The quantitative estimate of drug-likeness (QED) is 0.0197. The van der Waals surface area contributed by atoms with Crippen LogP contribution >= 0.6 is 0 Å². The largest absolute Gasteiger partial charge is 0.544 e. The van der Waals surface area contributed by atoms with E-state index in [1.54, 1.807) is 21.1 Å². The molecular formula is C58H97NO7. The Balaban J connectivity index is 4.31. The molecule has 0 aromatic heterocycles. The molecule has 0 saturated heterocycles. The summed E-state index contributed by atoms with van der Waals surface area (Å²) in [5, 5.41) is 11.7. The highest BCUT2D eigenvalue weighted by atomic mass is 16.6. The molecule has 0 aromatic carbocycles. The summed E-state index contributed by atoms with van der Waals surface area (Å²) in [6, 6.07) is -0.737. The lowest BCUT2D eigenvalue weighted by atomic mass is 10.1. The van der Waals surface area contributed by atoms with Gasteiger partial charge in [-0.25, -0.2) is 0 Å². The van der Waals surface area contributed by atoms with Crippen LogP contribution in [-0.4, -0.2) is 75.5 Å². The minimum absolute atomic E-state index is 0.0256. The molecule has 66 heavy (non-hydrogen) atoms. The molecule has 0 aliphatic rings. The summed E-state index contributed by atoms with van der Waals surface area (Å²) < 4.78 is 17.2. The summed E-state index contributed by atoms with van der Waals surface area (Å²) in [6.07, 6.45) is 64.3. The van der Waals surface area contributed by atoms with Gasteiger partial charge in [0.1, 0.15) is 12.6 Å². The predicted octanol–water partition coefficient (Wildman–Crippen LogP) is 14.1. The number of carbonyl (C=O) groups excluding carboxylic acids is 3. The topological polar surface area (TPSA) is 102 Å². The number of quaternary nitrogens is 1. The summed E-state index contributed by atoms with van der Waals surface area (Å²) in [7, 11) is 5.40. The van der Waals surface area contributed by atoms with E-state index in [0.717, 1.165) is 96.3 Å². The standard InChI is InChI=1S/C58H97NO7/c1-6-8-10-12-14-16-18-20-22-24-26-27-28-29-31-32-34-36-38-40-42-44-46-48-56(60)65-53-54(52-64-51-50-55(58(62)63)59(3,4)5)66-57(61)49-47-45-43-41-39-37-35-33-30-25-23-21-19-17-15-13-11-9-7-2/h8,10,14-17,19-22,26-27,29,31,34,36,54-55H,6-7,9,11-13,18,23-25,28,30,32-33,35,37-53H2,1-5H3/b10-8+,16-14+,17-15+,21-19+,22-20+,27-26+,31-29+,36-34+. The Morgan fingerprint density at radius 2 is 0.894 bits per heavy atom. The fourth-order valence-corrected chi connectivity index (χ4v) is 7.18. The molecule has 0 rings (SSSR count). The summed E-state index contributed by atoms with van der Waals surface area (Å²) in [4.78, 5) is 37.1. The van der Waals surface area contributed by atoms with Crippen molar-refractivity contribution in [1.29, 1.82) is 0 Å². The molecule has 0 spiro atoms. The van der Waals surface area contributed by atoms with Gasteiger partial charge in [0.25, 0.3) is 0 Å². The molecule has 0 fully saturated rings. The number of carboxylic acids is 1. The van der Waals surface area contributed by atoms with Crippen LogP contribution in [0.1, 0.15) is 200 Å². The van der Waals surface area contributed by atoms with Crippen LogP contribution in [0.15, 0.2) is 97.2 Å². The Hall–Kier alpha value is -3.75. The molecule has 0 amide bonds. The second-order valence-corrected chi connectivity index (χ2v) is 18.4. The number of unbranched alkanes of at least 4 members (excludes halogenated alkanes) is 17. The molecule has 0 heterocycles. The van der Waals surface area contributed by atoms with Crippen LogP contribution in [0.5, 0.6) is 0 Å². The summed E-state index contributed by atoms with van der Waals surface area (Å²) in [5.41, 5.74) is 0. The van der Waals surface area contributed by atoms with E-state index in [1.807, 2.05) is 0 Å². The van der Waals surface area contributed by atoms with E-state index in [-0.39, 0.29) is 42.7 Å². The number of likely N-dealkylation sites (N-methyl/N-ethyl adjacent to an activating group) is 1. The van der Waals surface area contributed by atoms with Gasteiger partial charge in [0.05, 0.1) is 40.3 Å². The van der Waals surface area contributed by atoms with E-state index in [1.165, 1.54) is 70.6 Å². The third kappa shape index (κ3) is 45.4. The van der Waals surface area contributed by atoms with Crippen molar-refractivity contribution in [2.75, 3.05) is 41.0 Å². The van der Waals surface area contributed by atoms with Crippen molar-refractivity contribution in [1.82, 2.24) is 0 Å². The van der Waals surface area contributed by atoms with Gasteiger partial charge in [-0.1, -0.05) is 188 Å². The van der Waals surface area contributed by atoms with Crippen molar-refractivity contribution in [2.45, 2.75) is 212 Å². The molecule has 8 heteroatoms. The maximum atomic E-state index is 12.8. The monoisotopic (exact) mass is 920 g/mol. The van der Waals surface area contributed by atoms with E-state index in [2.05, 4.69) is 111 Å². The highest BCUT2D eigenvalue weighted by Gasteiger charge is 2.25. The number of hydrogen-bond acceptors (Lipinski definition) is 7. The van der Waals surface area contributed by atoms with Crippen molar-refractivity contribution in [2.24, 2.45) is 0 Å². The smallest absolute Gasteiger partial charge is 0.306 e. The summed E-state index contributed by atoms with van der Waals surface area (Å²) in [6.45, 7) is 4.49. The van der Waals surface area contributed by atoms with Crippen LogP contribution < -0.4 is 5.11 Å². The van der Waals surface area contributed by atoms with Gasteiger partial charge in [-0.05, 0) is 89.9 Å². The number of carbonyl (C=O) groups is 3. The van der Waals surface area contributed by atoms with E-state index in [9.17, 15) is 19.5 Å². The van der Waals surface area contributed by atoms with Gasteiger partial charge in [-0.15, -0.1) is 0 Å². The zero-order valence-corrected chi connectivity index (χ0v) is 42.8. The second kappa shape index (κ2) is 47.7. The van der Waals surface area contributed by atoms with Crippen LogP contribution in [0.4, 0.5) is 0 Å². The SMILES string of the molecule is CC/C=C/C/C=C/C/C=C/C/C=C/C/C=C/C/C=C/CCCCCCC(=O)OCC(COCCC(C(=O)[O-])[N+](C)(C)C)OC(=O)CCCCCCCCCCCC/C=C/C=C/CCCCC. The summed E-state index contributed by atoms with van der Waals surface area (Å²) >= 11 is 0. The minimum Gasteiger partial charge on any atom is -0.544 e. The Labute approximate surface area is 405 Å². The van der Waals surface area contributed by atoms with Gasteiger partial charge >= 0.3 is 11.9 Å². The van der Waals surface area contributed by atoms with E-state index in [4.69, 9.17) is 14.2 Å². The Morgan fingerprint density at radius 3 is 1.35 bits per heavy atom. The van der Waals surface area contributed by atoms with Crippen LogP contribution in [0.25, 0.3) is 0 Å². The normalized spacial score (nSPS) is 13.7. The fourth-order valence-electron chi connectivity index (χ4n) is 7.18. The molecule has 0 aromatic rings. The van der Waals surface area contributed by atoms with Crippen LogP contribution in [-0.2, 0) is 28.6 Å². The summed E-state index contributed by atoms with van der Waals surface area (Å²) in [5.74, 6) is -1.78. The lowest BCUT2D eigenvalue weighted by molar-refractivity contribution is -0.889. The van der Waals surface area contributed by atoms with Crippen LogP contribution in [0, 0.1) is 0 Å². The average molecular weight is 920 g/mol. The van der Waals surface area contributed by atoms with Gasteiger partial charge < -0.3 is 28.6 Å². The average Bonchev–Trinajstić information content (AvgIpc) is 3.28. The van der Waals surface area contributed by atoms with Gasteiger partial charge in [0.15, 0.2) is 6.10 Å². The lowest BCUT2D eigenvalue weighted by Gasteiger charge is -2.34. The first-order valence-electron chi connectivity index (χ1n) is 26.3. The van der Waals surface area contributed by atoms with E-state index >= 15 is 0 Å². The van der Waals surface area contributed by atoms with E-state index in [0.29, 0.717) is 12.8 Å². The van der Waals surface area contributed by atoms with Crippen molar-refractivity contribution in [3.05, 3.63) is 97.2 Å². The Morgan fingerprint density at radius 1 is 0.485 bits per heavy atom. The van der Waals surface area contributed by atoms with Crippen molar-refractivity contribution in [3.8, 4) is 0 Å². The predicted molar refractivity (Wildman–Crippen MR) is 277 cm³/mol. The maximum Gasteiger partial charge on any atom is 0.306 e. The first-order valence-corrected chi connectivity index (χ1v) is 26.3. The molecule has 376 valence electrons. The zero-order chi connectivity index (χ0) is 48.4. The molecule has 0 aliphatic carbocycles. The third-order valence-electron chi connectivity index (χ3n) is 11.2. The maximum absolute atomic E-state index is 12.8. The Kier molecular flexibility index (Phi) is 45.0. The van der Waals surface area contributed by atoms with Gasteiger partial charge in [0, 0.05) is 19.3 Å². The third-order valence-corrected chi connectivity index (χ3v) is 11.2. The molecule has 0 saturated carbocycles. The van der Waals surface area contributed by atoms with E-state index < -0.39 is 18.1 Å². The van der Waals surface area contributed by atoms with Crippen molar-refractivity contribution < 1.29 is 38.2 Å². The number of nitrogens with zero attached hydrogens (tertiary/aromatic N) is 1. The molecule has 0 N–H and O–H groups in total. The minimum atomic E-state index is -1.13. The molecule has 0 bridgehead atoms. The first-order chi connectivity index (χ1) is 32.1. The molecule has 0 aliphatic heterocycles. The number of rotatable bonds is 46. The number of esters is 2. The van der Waals surface area contributed by atoms with Crippen LogP contribution in [0.2, 0.25) is 0 Å². The molecule has 8 nitrogen and oxygen atoms in total.